The molecule has 2 aromatic rings. The van der Waals surface area contributed by atoms with Gasteiger partial charge < -0.3 is 15.0 Å². The molecule has 3 rings (SSSR count). The molecule has 1 atom stereocenters. The molecule has 5 heteroatoms. The fourth-order valence-electron chi connectivity index (χ4n) is 2.86. The molecule has 1 aliphatic heterocycles. The predicted octanol–water partition coefficient (Wildman–Crippen LogP) is 3.02. The molecule has 0 radical (unpaired) electrons. The Morgan fingerprint density at radius 3 is 2.80 bits per heavy atom. The Labute approximate surface area is 146 Å². The van der Waals surface area contributed by atoms with Gasteiger partial charge in [-0.2, -0.15) is 0 Å². The maximum atomic E-state index is 13.5. The van der Waals surface area contributed by atoms with Gasteiger partial charge in [-0.1, -0.05) is 30.3 Å². The van der Waals surface area contributed by atoms with E-state index >= 15 is 0 Å². The van der Waals surface area contributed by atoms with Gasteiger partial charge in [0.15, 0.2) is 0 Å². The minimum absolute atomic E-state index is 0.114. The Hall–Kier alpha value is -2.66. The first-order valence-electron chi connectivity index (χ1n) is 8.17. The normalized spacial score (nSPS) is 14.3. The minimum Gasteiger partial charge on any atom is -0.488 e. The fraction of sp³-hybridized carbons (Fsp3) is 0.250. The summed E-state index contributed by atoms with van der Waals surface area (Å²) in [7, 11) is 3.81. The van der Waals surface area contributed by atoms with E-state index in [1.54, 1.807) is 6.07 Å². The van der Waals surface area contributed by atoms with Gasteiger partial charge in [0.1, 0.15) is 18.2 Å². The van der Waals surface area contributed by atoms with E-state index in [9.17, 15) is 9.18 Å². The third-order valence-electron chi connectivity index (χ3n) is 4.24. The number of fused-ring (bicyclic) bond motifs is 1. The summed E-state index contributed by atoms with van der Waals surface area (Å²) in [6.45, 7) is 0.629. The third kappa shape index (κ3) is 4.06. The lowest BCUT2D eigenvalue weighted by atomic mass is 10.0. The van der Waals surface area contributed by atoms with E-state index in [0.717, 1.165) is 16.9 Å². The van der Waals surface area contributed by atoms with E-state index in [2.05, 4.69) is 5.32 Å². The number of hydrogen-bond acceptors (Lipinski definition) is 3. The number of carbonyl (C=O) groups is 1. The standard InChI is InChI=1S/C20H21FN2O2/c1-23(2)18(14-7-5-8-17(21)11-14)12-22-20(24)16-10-15-6-3-4-9-19(15)25-13-16/h3-11,18H,12-13H2,1-2H3,(H,22,24)/t18-/m1/s1. The average Bonchev–Trinajstić information content (AvgIpc) is 2.61. The maximum absolute atomic E-state index is 13.5. The van der Waals surface area contributed by atoms with Crippen LogP contribution in [0.15, 0.2) is 54.1 Å². The van der Waals surface area contributed by atoms with Gasteiger partial charge in [0.25, 0.3) is 5.91 Å². The maximum Gasteiger partial charge on any atom is 0.250 e. The Bertz CT molecular complexity index is 802. The number of carbonyl (C=O) groups excluding carboxylic acids is 1. The van der Waals surface area contributed by atoms with Crippen LogP contribution in [-0.2, 0) is 4.79 Å². The number of rotatable bonds is 5. The number of halogens is 1. The first-order valence-corrected chi connectivity index (χ1v) is 8.17. The molecule has 0 fully saturated rings. The number of hydrogen-bond donors (Lipinski definition) is 1. The summed E-state index contributed by atoms with van der Waals surface area (Å²) in [5.41, 5.74) is 2.30. The lowest BCUT2D eigenvalue weighted by Gasteiger charge is -2.26. The smallest absolute Gasteiger partial charge is 0.250 e. The quantitative estimate of drug-likeness (QED) is 0.910. The molecular formula is C20H21FN2O2. The second-order valence-corrected chi connectivity index (χ2v) is 6.24. The topological polar surface area (TPSA) is 41.6 Å². The second-order valence-electron chi connectivity index (χ2n) is 6.24. The van der Waals surface area contributed by atoms with E-state index in [0.29, 0.717) is 12.1 Å². The van der Waals surface area contributed by atoms with Gasteiger partial charge in [-0.15, -0.1) is 0 Å². The Balaban J connectivity index is 1.69. The van der Waals surface area contributed by atoms with E-state index in [1.165, 1.54) is 12.1 Å². The SMILES string of the molecule is CN(C)[C@H](CNC(=O)C1=Cc2ccccc2OC1)c1cccc(F)c1. The summed E-state index contributed by atoms with van der Waals surface area (Å²) < 4.78 is 19.1. The lowest BCUT2D eigenvalue weighted by Crippen LogP contribution is -2.36. The highest BCUT2D eigenvalue weighted by Gasteiger charge is 2.20. The minimum atomic E-state index is -0.282. The molecule has 0 spiro atoms. The predicted molar refractivity (Wildman–Crippen MR) is 95.8 cm³/mol. The van der Waals surface area contributed by atoms with E-state index in [1.807, 2.05) is 55.4 Å². The Morgan fingerprint density at radius 2 is 2.04 bits per heavy atom. The molecule has 0 saturated heterocycles. The second kappa shape index (κ2) is 7.49. The number of ether oxygens (including phenoxy) is 1. The highest BCUT2D eigenvalue weighted by molar-refractivity contribution is 5.99. The molecule has 4 nitrogen and oxygen atoms in total. The van der Waals surface area contributed by atoms with Crippen LogP contribution in [0.4, 0.5) is 4.39 Å². The highest BCUT2D eigenvalue weighted by Crippen LogP contribution is 2.26. The number of nitrogens with zero attached hydrogens (tertiary/aromatic N) is 1. The molecule has 1 aliphatic rings. The molecule has 0 aromatic heterocycles. The third-order valence-corrected chi connectivity index (χ3v) is 4.24. The van der Waals surface area contributed by atoms with Gasteiger partial charge in [0.2, 0.25) is 0 Å². The van der Waals surface area contributed by atoms with Crippen molar-refractivity contribution in [2.75, 3.05) is 27.2 Å². The first-order chi connectivity index (χ1) is 12.0. The molecule has 25 heavy (non-hydrogen) atoms. The fourth-order valence-corrected chi connectivity index (χ4v) is 2.86. The molecule has 0 unspecified atom stereocenters. The molecular weight excluding hydrogens is 319 g/mol. The van der Waals surface area contributed by atoms with Crippen LogP contribution in [0.5, 0.6) is 5.75 Å². The molecule has 0 saturated carbocycles. The van der Waals surface area contributed by atoms with Crippen molar-refractivity contribution in [3.63, 3.8) is 0 Å². The van der Waals surface area contributed by atoms with Crippen molar-refractivity contribution in [3.05, 3.63) is 71.0 Å². The Morgan fingerprint density at radius 1 is 1.24 bits per heavy atom. The van der Waals surface area contributed by atoms with Crippen LogP contribution in [0.3, 0.4) is 0 Å². The van der Waals surface area contributed by atoms with Gasteiger partial charge in [-0.3, -0.25) is 4.79 Å². The summed E-state index contributed by atoms with van der Waals surface area (Å²) in [6.07, 6.45) is 1.85. The number of benzene rings is 2. The molecule has 1 amide bonds. The van der Waals surface area contributed by atoms with Gasteiger partial charge >= 0.3 is 0 Å². The summed E-state index contributed by atoms with van der Waals surface area (Å²) in [6, 6.07) is 13.9. The molecule has 1 N–H and O–H groups in total. The zero-order valence-corrected chi connectivity index (χ0v) is 14.3. The monoisotopic (exact) mass is 340 g/mol. The van der Waals surface area contributed by atoms with E-state index < -0.39 is 0 Å². The van der Waals surface area contributed by atoms with Crippen molar-refractivity contribution in [2.24, 2.45) is 0 Å². The van der Waals surface area contributed by atoms with E-state index in [-0.39, 0.29) is 24.4 Å². The van der Waals surface area contributed by atoms with Crippen LogP contribution in [0, 0.1) is 5.82 Å². The Kier molecular flexibility index (Phi) is 5.14. The summed E-state index contributed by atoms with van der Waals surface area (Å²) in [5.74, 6) is 0.332. The molecule has 2 aromatic carbocycles. The van der Waals surface area contributed by atoms with Crippen LogP contribution >= 0.6 is 0 Å². The van der Waals surface area contributed by atoms with Gasteiger partial charge in [0, 0.05) is 12.1 Å². The summed E-state index contributed by atoms with van der Waals surface area (Å²) in [5, 5.41) is 2.93. The zero-order valence-electron chi connectivity index (χ0n) is 14.3. The lowest BCUT2D eigenvalue weighted by molar-refractivity contribution is -0.118. The largest absolute Gasteiger partial charge is 0.488 e. The van der Waals surface area contributed by atoms with Crippen LogP contribution < -0.4 is 10.1 Å². The first kappa shape index (κ1) is 17.2. The molecule has 1 heterocycles. The molecule has 0 bridgehead atoms. The van der Waals surface area contributed by atoms with Crippen molar-refractivity contribution in [3.8, 4) is 5.75 Å². The van der Waals surface area contributed by atoms with E-state index in [4.69, 9.17) is 4.74 Å². The summed E-state index contributed by atoms with van der Waals surface area (Å²) in [4.78, 5) is 14.4. The van der Waals surface area contributed by atoms with Crippen LogP contribution in [0.1, 0.15) is 17.2 Å². The van der Waals surface area contributed by atoms with Crippen molar-refractivity contribution < 1.29 is 13.9 Å². The molecule has 130 valence electrons. The van der Waals surface area contributed by atoms with Crippen LogP contribution in [0.2, 0.25) is 0 Å². The number of amides is 1. The van der Waals surface area contributed by atoms with Crippen molar-refractivity contribution >= 4 is 12.0 Å². The number of para-hydroxylation sites is 1. The highest BCUT2D eigenvalue weighted by atomic mass is 19.1. The van der Waals surface area contributed by atoms with Crippen LogP contribution in [0.25, 0.3) is 6.08 Å². The van der Waals surface area contributed by atoms with Gasteiger partial charge in [-0.05, 0) is 43.9 Å². The van der Waals surface area contributed by atoms with Crippen molar-refractivity contribution in [2.45, 2.75) is 6.04 Å². The summed E-state index contributed by atoms with van der Waals surface area (Å²) >= 11 is 0. The van der Waals surface area contributed by atoms with Gasteiger partial charge in [0.05, 0.1) is 11.6 Å². The number of nitrogens with one attached hydrogen (secondary N) is 1. The van der Waals surface area contributed by atoms with Crippen molar-refractivity contribution in [1.82, 2.24) is 10.2 Å². The number of likely N-dealkylation sites (N-methyl/N-ethyl adjacent to an activating group) is 1. The average molecular weight is 340 g/mol. The van der Waals surface area contributed by atoms with Gasteiger partial charge in [-0.25, -0.2) is 4.39 Å². The van der Waals surface area contributed by atoms with Crippen molar-refractivity contribution in [1.29, 1.82) is 0 Å². The molecule has 0 aliphatic carbocycles. The van der Waals surface area contributed by atoms with Crippen LogP contribution in [-0.4, -0.2) is 38.1 Å². The zero-order chi connectivity index (χ0) is 17.8.